The fourth-order valence-electron chi connectivity index (χ4n) is 1.23. The second-order valence-corrected chi connectivity index (χ2v) is 3.07. The van der Waals surface area contributed by atoms with Crippen LogP contribution in [0.2, 0.25) is 0 Å². The van der Waals surface area contributed by atoms with Crippen molar-refractivity contribution in [2.24, 2.45) is 0 Å². The van der Waals surface area contributed by atoms with E-state index in [-0.39, 0.29) is 5.76 Å². The van der Waals surface area contributed by atoms with E-state index >= 15 is 0 Å². The van der Waals surface area contributed by atoms with Gasteiger partial charge >= 0.3 is 5.82 Å². The van der Waals surface area contributed by atoms with Crippen molar-refractivity contribution in [1.29, 1.82) is 0 Å². The third-order valence-electron chi connectivity index (χ3n) is 1.96. The Morgan fingerprint density at radius 1 is 1.14 bits per heavy atom. The molecule has 0 atom stereocenters. The van der Waals surface area contributed by atoms with Gasteiger partial charge in [-0.25, -0.2) is 4.79 Å². The van der Waals surface area contributed by atoms with Gasteiger partial charge in [0.1, 0.15) is 0 Å². The van der Waals surface area contributed by atoms with Crippen LogP contribution in [0.5, 0.6) is 0 Å². The SMILES string of the molecule is [CH2]c1oc(=O)oc1-c1ccc(C)cc1. The largest absolute Gasteiger partial charge is 0.519 e. The summed E-state index contributed by atoms with van der Waals surface area (Å²) >= 11 is 0. The van der Waals surface area contributed by atoms with Gasteiger partial charge in [0, 0.05) is 12.5 Å². The molecule has 0 saturated carbocycles. The Balaban J connectivity index is 2.54. The molecule has 71 valence electrons. The topological polar surface area (TPSA) is 43.4 Å². The summed E-state index contributed by atoms with van der Waals surface area (Å²) in [5.41, 5.74) is 1.94. The number of aryl methyl sites for hydroxylation is 1. The van der Waals surface area contributed by atoms with Crippen LogP contribution < -0.4 is 5.82 Å². The second-order valence-electron chi connectivity index (χ2n) is 3.07. The Labute approximate surface area is 81.0 Å². The van der Waals surface area contributed by atoms with Crippen molar-refractivity contribution in [1.82, 2.24) is 0 Å². The summed E-state index contributed by atoms with van der Waals surface area (Å²) in [5.74, 6) is -0.0561. The maximum absolute atomic E-state index is 10.8. The summed E-state index contributed by atoms with van der Waals surface area (Å²) in [6.45, 7) is 5.57. The van der Waals surface area contributed by atoms with Crippen molar-refractivity contribution in [2.45, 2.75) is 6.92 Å². The van der Waals surface area contributed by atoms with E-state index in [2.05, 4.69) is 11.3 Å². The van der Waals surface area contributed by atoms with E-state index in [0.29, 0.717) is 5.76 Å². The van der Waals surface area contributed by atoms with Gasteiger partial charge in [0.05, 0.1) is 0 Å². The Hall–Kier alpha value is -1.77. The lowest BCUT2D eigenvalue weighted by molar-refractivity contribution is 0.385. The summed E-state index contributed by atoms with van der Waals surface area (Å²) in [5, 5.41) is 0. The molecule has 0 fully saturated rings. The molecule has 1 radical (unpaired) electrons. The van der Waals surface area contributed by atoms with E-state index in [0.717, 1.165) is 11.1 Å². The zero-order valence-corrected chi connectivity index (χ0v) is 7.74. The monoisotopic (exact) mass is 189 g/mol. The van der Waals surface area contributed by atoms with Crippen LogP contribution in [0.1, 0.15) is 11.3 Å². The summed E-state index contributed by atoms with van der Waals surface area (Å²) in [6, 6.07) is 7.58. The van der Waals surface area contributed by atoms with E-state index < -0.39 is 5.82 Å². The first-order valence-corrected chi connectivity index (χ1v) is 4.20. The molecular formula is C11H9O3. The molecule has 14 heavy (non-hydrogen) atoms. The van der Waals surface area contributed by atoms with E-state index in [1.165, 1.54) is 0 Å². The summed E-state index contributed by atoms with van der Waals surface area (Å²) in [7, 11) is 0. The first-order valence-electron chi connectivity index (χ1n) is 4.20. The maximum atomic E-state index is 10.8. The number of benzene rings is 1. The van der Waals surface area contributed by atoms with Crippen molar-refractivity contribution in [3.63, 3.8) is 0 Å². The van der Waals surface area contributed by atoms with Crippen molar-refractivity contribution in [3.8, 4) is 11.3 Å². The first kappa shape index (κ1) is 8.81. The lowest BCUT2D eigenvalue weighted by Gasteiger charge is -1.96. The van der Waals surface area contributed by atoms with Crippen LogP contribution in [0.15, 0.2) is 37.9 Å². The number of hydrogen-bond donors (Lipinski definition) is 0. The Bertz CT molecular complexity index is 488. The Morgan fingerprint density at radius 2 is 1.79 bits per heavy atom. The lowest BCUT2D eigenvalue weighted by Crippen LogP contribution is -1.85. The molecule has 0 spiro atoms. The third-order valence-corrected chi connectivity index (χ3v) is 1.96. The molecule has 2 aromatic rings. The molecule has 0 bridgehead atoms. The molecule has 1 aromatic carbocycles. The van der Waals surface area contributed by atoms with Crippen molar-refractivity contribution >= 4 is 0 Å². The third kappa shape index (κ3) is 1.48. The maximum Gasteiger partial charge on any atom is 0.519 e. The van der Waals surface area contributed by atoms with Crippen molar-refractivity contribution in [2.75, 3.05) is 0 Å². The molecule has 0 unspecified atom stereocenters. The van der Waals surface area contributed by atoms with Gasteiger partial charge < -0.3 is 8.83 Å². The average molecular weight is 189 g/mol. The summed E-state index contributed by atoms with van der Waals surface area (Å²) in [4.78, 5) is 10.8. The van der Waals surface area contributed by atoms with E-state index in [1.807, 2.05) is 31.2 Å². The average Bonchev–Trinajstić information content (AvgIpc) is 2.47. The van der Waals surface area contributed by atoms with Crippen LogP contribution in [0.3, 0.4) is 0 Å². The second kappa shape index (κ2) is 3.18. The van der Waals surface area contributed by atoms with Crippen LogP contribution in [-0.4, -0.2) is 0 Å². The van der Waals surface area contributed by atoms with Crippen LogP contribution >= 0.6 is 0 Å². The van der Waals surface area contributed by atoms with Gasteiger partial charge in [-0.15, -0.1) is 0 Å². The van der Waals surface area contributed by atoms with Gasteiger partial charge in [-0.2, -0.15) is 0 Å². The Morgan fingerprint density at radius 3 is 2.29 bits per heavy atom. The molecule has 2 rings (SSSR count). The zero-order valence-electron chi connectivity index (χ0n) is 7.74. The van der Waals surface area contributed by atoms with Crippen LogP contribution in [0, 0.1) is 13.8 Å². The number of rotatable bonds is 1. The van der Waals surface area contributed by atoms with E-state index in [9.17, 15) is 4.79 Å². The van der Waals surface area contributed by atoms with Gasteiger partial charge in [0.25, 0.3) is 0 Å². The highest BCUT2D eigenvalue weighted by Crippen LogP contribution is 2.22. The molecule has 3 heteroatoms. The van der Waals surface area contributed by atoms with Gasteiger partial charge in [0.2, 0.25) is 0 Å². The van der Waals surface area contributed by atoms with Crippen LogP contribution in [-0.2, 0) is 0 Å². The number of hydrogen-bond acceptors (Lipinski definition) is 3. The Kier molecular flexibility index (Phi) is 2.00. The molecule has 1 heterocycles. The minimum absolute atomic E-state index is 0.263. The standard InChI is InChI=1S/C11H9O3/c1-7-3-5-9(6-4-7)10-8(2)13-11(12)14-10/h3-6H,2H2,1H3. The normalized spacial score (nSPS) is 10.4. The van der Waals surface area contributed by atoms with Crippen molar-refractivity contribution < 1.29 is 8.83 Å². The van der Waals surface area contributed by atoms with Crippen LogP contribution in [0.25, 0.3) is 11.3 Å². The zero-order chi connectivity index (χ0) is 10.1. The lowest BCUT2D eigenvalue weighted by atomic mass is 10.1. The van der Waals surface area contributed by atoms with E-state index in [1.54, 1.807) is 0 Å². The molecule has 0 aliphatic carbocycles. The molecule has 0 amide bonds. The molecular weight excluding hydrogens is 180 g/mol. The van der Waals surface area contributed by atoms with E-state index in [4.69, 9.17) is 4.42 Å². The van der Waals surface area contributed by atoms with Crippen molar-refractivity contribution in [3.05, 3.63) is 53.1 Å². The van der Waals surface area contributed by atoms with Gasteiger partial charge in [-0.3, -0.25) is 0 Å². The molecule has 1 aromatic heterocycles. The fraction of sp³-hybridized carbons (Fsp3) is 0.0909. The smallest absolute Gasteiger partial charge is 0.395 e. The van der Waals surface area contributed by atoms with Gasteiger partial charge in [0.15, 0.2) is 11.5 Å². The quantitative estimate of drug-likeness (QED) is 0.691. The molecule has 3 nitrogen and oxygen atoms in total. The highest BCUT2D eigenvalue weighted by atomic mass is 16.6. The van der Waals surface area contributed by atoms with Gasteiger partial charge in [-0.05, 0) is 6.92 Å². The minimum Gasteiger partial charge on any atom is -0.395 e. The molecule has 0 aliphatic heterocycles. The van der Waals surface area contributed by atoms with Crippen LogP contribution in [0.4, 0.5) is 0 Å². The molecule has 0 aliphatic rings. The highest BCUT2D eigenvalue weighted by molar-refractivity contribution is 5.59. The summed E-state index contributed by atoms with van der Waals surface area (Å²) < 4.78 is 9.52. The minimum atomic E-state index is -0.717. The first-order chi connectivity index (χ1) is 6.66. The predicted molar refractivity (Wildman–Crippen MR) is 51.9 cm³/mol. The molecule has 0 N–H and O–H groups in total. The predicted octanol–water partition coefficient (Wildman–Crippen LogP) is 2.39. The molecule has 0 saturated heterocycles. The highest BCUT2D eigenvalue weighted by Gasteiger charge is 2.09. The van der Waals surface area contributed by atoms with Gasteiger partial charge in [-0.1, -0.05) is 29.8 Å². The fourth-order valence-corrected chi connectivity index (χ4v) is 1.23. The summed E-state index contributed by atoms with van der Waals surface area (Å²) in [6.07, 6.45) is 0.